The monoisotopic (exact) mass is 702 g/mol. The Morgan fingerprint density at radius 2 is 0.945 bits per heavy atom. The first kappa shape index (κ1) is 32.6. The summed E-state index contributed by atoms with van der Waals surface area (Å²) in [7, 11) is 0. The SMILES string of the molecule is NC1C=CC=C/C1=C(/Nc1ccc(-c2ccc3c(-c4ccc5ccccc5c4)c4ccccc4c(-c4ccc5ccccc5c4)c3c2)cc1)c1ccccc1. The molecule has 260 valence electrons. The molecule has 0 radical (unpaired) electrons. The van der Waals surface area contributed by atoms with Crippen LogP contribution in [0.3, 0.4) is 0 Å². The van der Waals surface area contributed by atoms with E-state index in [0.717, 1.165) is 28.1 Å². The van der Waals surface area contributed by atoms with Gasteiger partial charge in [0.1, 0.15) is 0 Å². The van der Waals surface area contributed by atoms with Crippen molar-refractivity contribution in [3.05, 3.63) is 217 Å². The highest BCUT2D eigenvalue weighted by Gasteiger charge is 2.19. The van der Waals surface area contributed by atoms with Crippen LogP contribution in [-0.4, -0.2) is 6.04 Å². The van der Waals surface area contributed by atoms with E-state index < -0.39 is 0 Å². The number of hydrogen-bond donors (Lipinski definition) is 2. The summed E-state index contributed by atoms with van der Waals surface area (Å²) in [6.07, 6.45) is 8.19. The zero-order chi connectivity index (χ0) is 36.7. The van der Waals surface area contributed by atoms with Gasteiger partial charge >= 0.3 is 0 Å². The molecule has 0 heterocycles. The summed E-state index contributed by atoms with van der Waals surface area (Å²) in [4.78, 5) is 0. The lowest BCUT2D eigenvalue weighted by Gasteiger charge is -2.21. The summed E-state index contributed by atoms with van der Waals surface area (Å²) in [5.74, 6) is 0. The Labute approximate surface area is 321 Å². The van der Waals surface area contributed by atoms with Crippen LogP contribution in [0.5, 0.6) is 0 Å². The molecule has 0 bridgehead atoms. The topological polar surface area (TPSA) is 38.0 Å². The highest BCUT2D eigenvalue weighted by atomic mass is 14.9. The van der Waals surface area contributed by atoms with Gasteiger partial charge in [-0.25, -0.2) is 0 Å². The molecule has 1 unspecified atom stereocenters. The van der Waals surface area contributed by atoms with E-state index in [2.05, 4.69) is 187 Å². The molecule has 0 saturated heterocycles. The van der Waals surface area contributed by atoms with Gasteiger partial charge in [0.2, 0.25) is 0 Å². The van der Waals surface area contributed by atoms with Crippen molar-refractivity contribution in [2.24, 2.45) is 5.73 Å². The molecule has 1 aliphatic rings. The van der Waals surface area contributed by atoms with E-state index in [1.54, 1.807) is 0 Å². The quantitative estimate of drug-likeness (QED) is 0.169. The van der Waals surface area contributed by atoms with Crippen molar-refractivity contribution in [3.63, 3.8) is 0 Å². The van der Waals surface area contributed by atoms with Gasteiger partial charge in [0.25, 0.3) is 0 Å². The third kappa shape index (κ3) is 5.99. The van der Waals surface area contributed by atoms with Gasteiger partial charge in [0.15, 0.2) is 0 Å². The summed E-state index contributed by atoms with van der Waals surface area (Å²) >= 11 is 0. The van der Waals surface area contributed by atoms with Crippen LogP contribution in [0, 0.1) is 0 Å². The van der Waals surface area contributed by atoms with Gasteiger partial charge in [-0.3, -0.25) is 0 Å². The second-order valence-electron chi connectivity index (χ2n) is 14.3. The Hall–Kier alpha value is -7.00. The maximum atomic E-state index is 6.57. The zero-order valence-corrected chi connectivity index (χ0v) is 30.3. The minimum atomic E-state index is -0.183. The molecule has 1 aliphatic carbocycles. The summed E-state index contributed by atoms with van der Waals surface area (Å²) in [5.41, 5.74) is 18.0. The highest BCUT2D eigenvalue weighted by molar-refractivity contribution is 6.22. The molecule has 9 aromatic rings. The van der Waals surface area contributed by atoms with E-state index in [1.807, 2.05) is 24.3 Å². The summed E-state index contributed by atoms with van der Waals surface area (Å²) in [6, 6.07) is 66.0. The second kappa shape index (κ2) is 13.8. The minimum Gasteiger partial charge on any atom is -0.355 e. The molecule has 0 aliphatic heterocycles. The Bertz CT molecular complexity index is 3000. The van der Waals surface area contributed by atoms with Crippen LogP contribution in [0.2, 0.25) is 0 Å². The molecule has 2 heteroatoms. The normalized spacial score (nSPS) is 14.9. The van der Waals surface area contributed by atoms with Gasteiger partial charge < -0.3 is 11.1 Å². The first-order valence-electron chi connectivity index (χ1n) is 18.9. The van der Waals surface area contributed by atoms with Gasteiger partial charge in [-0.2, -0.15) is 0 Å². The molecule has 0 saturated carbocycles. The Kier molecular flexibility index (Phi) is 8.17. The van der Waals surface area contributed by atoms with Crippen LogP contribution in [0.1, 0.15) is 5.56 Å². The van der Waals surface area contributed by atoms with Gasteiger partial charge in [0.05, 0.1) is 11.7 Å². The van der Waals surface area contributed by atoms with Crippen LogP contribution in [0.4, 0.5) is 5.69 Å². The molecule has 10 rings (SSSR count). The van der Waals surface area contributed by atoms with Crippen LogP contribution in [0.25, 0.3) is 82.2 Å². The number of nitrogens with one attached hydrogen (secondary N) is 1. The van der Waals surface area contributed by atoms with Gasteiger partial charge in [-0.05, 0) is 118 Å². The molecule has 0 fully saturated rings. The summed E-state index contributed by atoms with van der Waals surface area (Å²) < 4.78 is 0. The van der Waals surface area contributed by atoms with Crippen molar-refractivity contribution in [3.8, 4) is 33.4 Å². The van der Waals surface area contributed by atoms with Crippen molar-refractivity contribution in [2.75, 3.05) is 5.32 Å². The van der Waals surface area contributed by atoms with Crippen molar-refractivity contribution >= 4 is 54.5 Å². The molecule has 0 spiro atoms. The minimum absolute atomic E-state index is 0.183. The average Bonchev–Trinajstić information content (AvgIpc) is 3.25. The van der Waals surface area contributed by atoms with Crippen molar-refractivity contribution in [2.45, 2.75) is 6.04 Å². The number of hydrogen-bond acceptors (Lipinski definition) is 2. The van der Waals surface area contributed by atoms with E-state index in [4.69, 9.17) is 5.73 Å². The fourth-order valence-corrected chi connectivity index (χ4v) is 8.28. The van der Waals surface area contributed by atoms with Gasteiger partial charge in [0, 0.05) is 5.69 Å². The number of fused-ring (bicyclic) bond motifs is 4. The van der Waals surface area contributed by atoms with Crippen LogP contribution in [-0.2, 0) is 0 Å². The fraction of sp³-hybridized carbons (Fsp3) is 0.0189. The largest absolute Gasteiger partial charge is 0.355 e. The molecule has 1 atom stereocenters. The number of benzene rings is 9. The van der Waals surface area contributed by atoms with Crippen LogP contribution >= 0.6 is 0 Å². The number of anilines is 1. The summed E-state index contributed by atoms with van der Waals surface area (Å²) in [6.45, 7) is 0. The molecule has 0 aromatic heterocycles. The van der Waals surface area contributed by atoms with E-state index >= 15 is 0 Å². The maximum absolute atomic E-state index is 6.57. The van der Waals surface area contributed by atoms with Crippen molar-refractivity contribution in [1.29, 1.82) is 0 Å². The fourth-order valence-electron chi connectivity index (χ4n) is 8.28. The first-order valence-corrected chi connectivity index (χ1v) is 18.9. The third-order valence-corrected chi connectivity index (χ3v) is 11.0. The molecule has 3 N–H and O–H groups in total. The molecule has 0 amide bonds. The standard InChI is InChI=1S/C53H38N2/c54-50-21-11-10-20-48(50)53(38-14-2-1-3-15-38)55-44-29-26-37(27-30-44)41-28-31-47-49(34-41)52(43-25-23-36-13-5-7-17-40(36)33-43)46-19-9-8-18-45(46)51(47)42-24-22-35-12-4-6-16-39(35)32-42/h1-34,50,55H,54H2/b53-48-. The molecular formula is C53H38N2. The lowest BCUT2D eigenvalue weighted by atomic mass is 9.84. The number of allylic oxidation sites excluding steroid dienone is 2. The summed E-state index contributed by atoms with van der Waals surface area (Å²) in [5, 5.41) is 13.7. The Morgan fingerprint density at radius 1 is 0.418 bits per heavy atom. The Balaban J connectivity index is 1.14. The van der Waals surface area contributed by atoms with Gasteiger partial charge in [-0.1, -0.05) is 176 Å². The highest BCUT2D eigenvalue weighted by Crippen LogP contribution is 2.46. The number of nitrogens with two attached hydrogens (primary N) is 1. The molecule has 2 nitrogen and oxygen atoms in total. The van der Waals surface area contributed by atoms with E-state index in [9.17, 15) is 0 Å². The van der Waals surface area contributed by atoms with Crippen molar-refractivity contribution in [1.82, 2.24) is 0 Å². The third-order valence-electron chi connectivity index (χ3n) is 11.0. The van der Waals surface area contributed by atoms with Crippen molar-refractivity contribution < 1.29 is 0 Å². The van der Waals surface area contributed by atoms with E-state index in [1.165, 1.54) is 70.9 Å². The Morgan fingerprint density at radius 3 is 1.58 bits per heavy atom. The lowest BCUT2D eigenvalue weighted by Crippen LogP contribution is -2.23. The molecular weight excluding hydrogens is 665 g/mol. The predicted octanol–water partition coefficient (Wildman–Crippen LogP) is 13.6. The van der Waals surface area contributed by atoms with Crippen LogP contribution in [0.15, 0.2) is 212 Å². The first-order chi connectivity index (χ1) is 27.2. The van der Waals surface area contributed by atoms with E-state index in [-0.39, 0.29) is 6.04 Å². The predicted molar refractivity (Wildman–Crippen MR) is 236 cm³/mol. The second-order valence-corrected chi connectivity index (χ2v) is 14.3. The molecule has 9 aromatic carbocycles. The lowest BCUT2D eigenvalue weighted by molar-refractivity contribution is 0.972. The van der Waals surface area contributed by atoms with Gasteiger partial charge in [-0.15, -0.1) is 0 Å². The number of rotatable bonds is 6. The zero-order valence-electron chi connectivity index (χ0n) is 30.3. The van der Waals surface area contributed by atoms with E-state index in [0.29, 0.717) is 0 Å². The smallest absolute Gasteiger partial charge is 0.0509 e. The maximum Gasteiger partial charge on any atom is 0.0509 e. The average molecular weight is 703 g/mol. The van der Waals surface area contributed by atoms with Crippen LogP contribution < -0.4 is 11.1 Å². The molecule has 55 heavy (non-hydrogen) atoms.